The van der Waals surface area contributed by atoms with Crippen molar-refractivity contribution in [3.05, 3.63) is 35.4 Å². The number of ether oxygens (including phenoxy) is 4. The first-order valence-corrected chi connectivity index (χ1v) is 9.25. The molecule has 4 rings (SSSR count). The molecule has 2 bridgehead atoms. The highest BCUT2D eigenvalue weighted by Crippen LogP contribution is 2.56. The number of hydrogen-bond donors (Lipinski definition) is 0. The monoisotopic (exact) mass is 358 g/mol. The molecule has 5 nitrogen and oxygen atoms in total. The van der Waals surface area contributed by atoms with Crippen LogP contribution in [0.15, 0.2) is 29.8 Å². The molecule has 26 heavy (non-hydrogen) atoms. The molecule has 0 radical (unpaired) electrons. The average Bonchev–Trinajstić information content (AvgIpc) is 3.06. The van der Waals surface area contributed by atoms with Crippen molar-refractivity contribution in [1.82, 2.24) is 0 Å². The summed E-state index contributed by atoms with van der Waals surface area (Å²) in [5.41, 5.74) is 2.27. The van der Waals surface area contributed by atoms with Crippen LogP contribution in [0.5, 0.6) is 11.5 Å². The third-order valence-corrected chi connectivity index (χ3v) is 6.52. The van der Waals surface area contributed by atoms with Crippen LogP contribution < -0.4 is 9.47 Å². The molecule has 2 aliphatic heterocycles. The molecular formula is C21H26O5. The van der Waals surface area contributed by atoms with Gasteiger partial charge in [0.25, 0.3) is 0 Å². The summed E-state index contributed by atoms with van der Waals surface area (Å²) in [7, 11) is 0. The van der Waals surface area contributed by atoms with E-state index in [0.29, 0.717) is 25.0 Å². The lowest BCUT2D eigenvalue weighted by Crippen LogP contribution is -2.54. The van der Waals surface area contributed by atoms with Gasteiger partial charge in [-0.2, -0.15) is 0 Å². The molecule has 0 N–H and O–H groups in total. The molecular weight excluding hydrogens is 332 g/mol. The Hall–Kier alpha value is -2.01. The minimum atomic E-state index is -0.237. The standard InChI is InChI=1S/C21H26O5/c1-12-7-13(2)21(9-23-15(4)22)10-24-20(19(12)14(21)3)16-5-6-17-18(8-16)26-11-25-17/h5-8,13-14,19-20H,9-11H2,1-4H3/t13-,14+,19+,20-,21-/m0/s1. The maximum absolute atomic E-state index is 11.4. The van der Waals surface area contributed by atoms with E-state index < -0.39 is 0 Å². The van der Waals surface area contributed by atoms with E-state index in [1.807, 2.05) is 12.1 Å². The van der Waals surface area contributed by atoms with E-state index in [-0.39, 0.29) is 30.2 Å². The molecule has 1 aromatic carbocycles. The fraction of sp³-hybridized carbons (Fsp3) is 0.571. The maximum atomic E-state index is 11.4. The number of rotatable bonds is 3. The van der Waals surface area contributed by atoms with Gasteiger partial charge in [0.1, 0.15) is 0 Å². The van der Waals surface area contributed by atoms with Gasteiger partial charge in [0.15, 0.2) is 11.5 Å². The minimum Gasteiger partial charge on any atom is -0.465 e. The molecule has 5 heteroatoms. The Morgan fingerprint density at radius 2 is 2.04 bits per heavy atom. The summed E-state index contributed by atoms with van der Waals surface area (Å²) in [6, 6.07) is 6.05. The van der Waals surface area contributed by atoms with Crippen molar-refractivity contribution in [3.63, 3.8) is 0 Å². The molecule has 0 saturated carbocycles. The van der Waals surface area contributed by atoms with Crippen LogP contribution in [-0.2, 0) is 14.3 Å². The van der Waals surface area contributed by atoms with Crippen molar-refractivity contribution < 1.29 is 23.7 Å². The van der Waals surface area contributed by atoms with Crippen molar-refractivity contribution in [2.24, 2.45) is 23.2 Å². The van der Waals surface area contributed by atoms with E-state index in [1.165, 1.54) is 12.5 Å². The molecule has 1 saturated heterocycles. The van der Waals surface area contributed by atoms with Crippen molar-refractivity contribution in [2.45, 2.75) is 33.8 Å². The molecule has 1 aromatic rings. The highest BCUT2D eigenvalue weighted by Gasteiger charge is 2.54. The Bertz CT molecular complexity index is 755. The molecule has 0 unspecified atom stereocenters. The Morgan fingerprint density at radius 3 is 2.81 bits per heavy atom. The van der Waals surface area contributed by atoms with Gasteiger partial charge in [0, 0.05) is 18.3 Å². The fourth-order valence-electron chi connectivity index (χ4n) is 4.88. The average molecular weight is 358 g/mol. The Kier molecular flexibility index (Phi) is 4.22. The van der Waals surface area contributed by atoms with E-state index in [2.05, 4.69) is 32.9 Å². The van der Waals surface area contributed by atoms with Gasteiger partial charge in [-0.05, 0) is 36.5 Å². The van der Waals surface area contributed by atoms with Gasteiger partial charge in [0.2, 0.25) is 6.79 Å². The van der Waals surface area contributed by atoms with Gasteiger partial charge in [0.05, 0.1) is 19.3 Å². The molecule has 2 heterocycles. The SMILES string of the molecule is CC(=O)OC[C@]12CO[C@@H](c3ccc4c(c3)OCO4)[C@H](C(C)=C[C@@H]1C)[C@H]2C. The number of allylic oxidation sites excluding steroid dienone is 1. The zero-order valence-corrected chi connectivity index (χ0v) is 15.8. The van der Waals surface area contributed by atoms with E-state index in [1.54, 1.807) is 0 Å². The van der Waals surface area contributed by atoms with Crippen molar-refractivity contribution >= 4 is 5.97 Å². The van der Waals surface area contributed by atoms with Crippen LogP contribution in [0.1, 0.15) is 39.4 Å². The summed E-state index contributed by atoms with van der Waals surface area (Å²) < 4.78 is 22.8. The van der Waals surface area contributed by atoms with E-state index in [0.717, 1.165) is 17.1 Å². The zero-order chi connectivity index (χ0) is 18.5. The van der Waals surface area contributed by atoms with Gasteiger partial charge in [-0.1, -0.05) is 31.6 Å². The Balaban J connectivity index is 1.67. The molecule has 0 amide bonds. The van der Waals surface area contributed by atoms with Crippen LogP contribution in [0.4, 0.5) is 0 Å². The van der Waals surface area contributed by atoms with E-state index >= 15 is 0 Å². The quantitative estimate of drug-likeness (QED) is 0.606. The summed E-state index contributed by atoms with van der Waals surface area (Å²) in [5.74, 6) is 2.21. The molecule has 3 aliphatic rings. The highest BCUT2D eigenvalue weighted by atomic mass is 16.7. The van der Waals surface area contributed by atoms with Gasteiger partial charge < -0.3 is 18.9 Å². The van der Waals surface area contributed by atoms with Crippen molar-refractivity contribution in [1.29, 1.82) is 0 Å². The summed E-state index contributed by atoms with van der Waals surface area (Å²) in [6.45, 7) is 9.36. The van der Waals surface area contributed by atoms with Gasteiger partial charge in [-0.15, -0.1) is 0 Å². The number of benzene rings is 1. The van der Waals surface area contributed by atoms with Crippen LogP contribution in [0.3, 0.4) is 0 Å². The number of hydrogen-bond acceptors (Lipinski definition) is 5. The maximum Gasteiger partial charge on any atom is 0.302 e. The lowest BCUT2D eigenvalue weighted by molar-refractivity contribution is -0.180. The van der Waals surface area contributed by atoms with E-state index in [4.69, 9.17) is 18.9 Å². The summed E-state index contributed by atoms with van der Waals surface area (Å²) in [6.07, 6.45) is 2.30. The van der Waals surface area contributed by atoms with Crippen LogP contribution >= 0.6 is 0 Å². The lowest BCUT2D eigenvalue weighted by atomic mass is 9.56. The topological polar surface area (TPSA) is 54.0 Å². The number of fused-ring (bicyclic) bond motifs is 3. The fourth-order valence-corrected chi connectivity index (χ4v) is 4.88. The Labute approximate surface area is 154 Å². The molecule has 1 aliphatic carbocycles. The van der Waals surface area contributed by atoms with Crippen molar-refractivity contribution in [2.75, 3.05) is 20.0 Å². The first-order chi connectivity index (χ1) is 12.4. The van der Waals surface area contributed by atoms with E-state index in [9.17, 15) is 4.79 Å². The third-order valence-electron chi connectivity index (χ3n) is 6.52. The second-order valence-corrected chi connectivity index (χ2v) is 7.87. The molecule has 140 valence electrons. The first kappa shape index (κ1) is 17.4. The number of carbonyl (C=O) groups excluding carboxylic acids is 1. The lowest BCUT2D eigenvalue weighted by Gasteiger charge is -2.55. The summed E-state index contributed by atoms with van der Waals surface area (Å²) in [4.78, 5) is 11.4. The molecule has 1 fully saturated rings. The molecule has 0 aromatic heterocycles. The highest BCUT2D eigenvalue weighted by molar-refractivity contribution is 5.66. The number of esters is 1. The van der Waals surface area contributed by atoms with Crippen LogP contribution in [-0.4, -0.2) is 26.0 Å². The van der Waals surface area contributed by atoms with Gasteiger partial charge in [-0.3, -0.25) is 4.79 Å². The predicted octanol–water partition coefficient (Wildman–Crippen LogP) is 3.88. The minimum absolute atomic E-state index is 0.0336. The second-order valence-electron chi connectivity index (χ2n) is 7.87. The summed E-state index contributed by atoms with van der Waals surface area (Å²) in [5, 5.41) is 0. The van der Waals surface area contributed by atoms with Crippen LogP contribution in [0.2, 0.25) is 0 Å². The second kappa shape index (κ2) is 6.31. The van der Waals surface area contributed by atoms with Crippen LogP contribution in [0, 0.1) is 23.2 Å². The molecule has 5 atom stereocenters. The zero-order valence-electron chi connectivity index (χ0n) is 15.8. The van der Waals surface area contributed by atoms with Gasteiger partial charge in [-0.25, -0.2) is 0 Å². The van der Waals surface area contributed by atoms with Gasteiger partial charge >= 0.3 is 5.97 Å². The Morgan fingerprint density at radius 1 is 1.27 bits per heavy atom. The van der Waals surface area contributed by atoms with Crippen LogP contribution in [0.25, 0.3) is 0 Å². The van der Waals surface area contributed by atoms with Crippen molar-refractivity contribution in [3.8, 4) is 11.5 Å². The smallest absolute Gasteiger partial charge is 0.302 e. The normalized spacial score (nSPS) is 35.0. The third kappa shape index (κ3) is 2.60. The number of carbonyl (C=O) groups is 1. The predicted molar refractivity (Wildman–Crippen MR) is 95.9 cm³/mol. The largest absolute Gasteiger partial charge is 0.465 e. The summed E-state index contributed by atoms with van der Waals surface area (Å²) >= 11 is 0. The first-order valence-electron chi connectivity index (χ1n) is 9.25. The molecule has 0 spiro atoms.